The minimum Gasteiger partial charge on any atom is -0.390 e. The molecule has 1 nitrogen and oxygen atoms in total. The highest BCUT2D eigenvalue weighted by Gasteiger charge is 2.18. The number of aliphatic hydroxyl groups is 1. The topological polar surface area (TPSA) is 20.2 Å². The molecule has 0 bridgehead atoms. The maximum Gasteiger partial charge on any atom is 0.0622 e. The molecule has 0 spiro atoms. The first-order valence-electron chi connectivity index (χ1n) is 7.37. The second-order valence-electron chi connectivity index (χ2n) is 5.67. The van der Waals surface area contributed by atoms with Gasteiger partial charge in [-0.1, -0.05) is 51.0 Å². The Morgan fingerprint density at radius 2 is 1.67 bits per heavy atom. The van der Waals surface area contributed by atoms with Crippen LogP contribution in [0.1, 0.15) is 64.0 Å². The molecule has 1 atom stereocenters. The fourth-order valence-electron chi connectivity index (χ4n) is 2.40. The van der Waals surface area contributed by atoms with E-state index in [1.54, 1.807) is 0 Å². The number of hydrogen-bond acceptors (Lipinski definition) is 1. The van der Waals surface area contributed by atoms with Gasteiger partial charge >= 0.3 is 0 Å². The van der Waals surface area contributed by atoms with Gasteiger partial charge in [-0.25, -0.2) is 0 Å². The van der Waals surface area contributed by atoms with Crippen LogP contribution in [0.15, 0.2) is 24.3 Å². The van der Waals surface area contributed by atoms with Crippen LogP contribution < -0.4 is 0 Å². The molecule has 0 saturated heterocycles. The van der Waals surface area contributed by atoms with Crippen LogP contribution in [0.25, 0.3) is 0 Å². The summed E-state index contributed by atoms with van der Waals surface area (Å²) < 4.78 is 0. The summed E-state index contributed by atoms with van der Waals surface area (Å²) in [7, 11) is 0. The lowest BCUT2D eigenvalue weighted by molar-refractivity contribution is 0.0416. The summed E-state index contributed by atoms with van der Waals surface area (Å²) >= 11 is 0. The Morgan fingerprint density at radius 1 is 1.00 bits per heavy atom. The molecule has 0 saturated carbocycles. The highest BCUT2D eigenvalue weighted by Crippen LogP contribution is 2.20. The predicted molar refractivity (Wildman–Crippen MR) is 78.9 cm³/mol. The van der Waals surface area contributed by atoms with Crippen molar-refractivity contribution >= 4 is 0 Å². The SMILES string of the molecule is CCCCc1cccc(CCC(C)(O)CCC)c1. The molecule has 18 heavy (non-hydrogen) atoms. The first-order valence-corrected chi connectivity index (χ1v) is 7.37. The van der Waals surface area contributed by atoms with E-state index in [2.05, 4.69) is 38.1 Å². The summed E-state index contributed by atoms with van der Waals surface area (Å²) in [5.41, 5.74) is 2.29. The molecule has 1 N–H and O–H groups in total. The van der Waals surface area contributed by atoms with Crippen LogP contribution in [0, 0.1) is 0 Å². The van der Waals surface area contributed by atoms with Gasteiger partial charge in [0.15, 0.2) is 0 Å². The van der Waals surface area contributed by atoms with Gasteiger partial charge in [-0.3, -0.25) is 0 Å². The van der Waals surface area contributed by atoms with Crippen molar-refractivity contribution in [3.63, 3.8) is 0 Å². The lowest BCUT2D eigenvalue weighted by Crippen LogP contribution is -2.24. The predicted octanol–water partition coefficient (Wildman–Crippen LogP) is 4.51. The van der Waals surface area contributed by atoms with Crippen molar-refractivity contribution in [1.82, 2.24) is 0 Å². The Labute approximate surface area is 112 Å². The summed E-state index contributed by atoms with van der Waals surface area (Å²) in [6.07, 6.45) is 7.46. The van der Waals surface area contributed by atoms with Crippen molar-refractivity contribution in [1.29, 1.82) is 0 Å². The third kappa shape index (κ3) is 5.68. The van der Waals surface area contributed by atoms with Gasteiger partial charge in [-0.15, -0.1) is 0 Å². The van der Waals surface area contributed by atoms with E-state index in [0.717, 1.165) is 25.7 Å². The minimum atomic E-state index is -0.506. The average Bonchev–Trinajstić information content (AvgIpc) is 2.35. The van der Waals surface area contributed by atoms with Crippen LogP contribution in [0.4, 0.5) is 0 Å². The molecule has 0 aliphatic rings. The molecule has 0 aromatic heterocycles. The molecule has 0 radical (unpaired) electrons. The fourth-order valence-corrected chi connectivity index (χ4v) is 2.40. The van der Waals surface area contributed by atoms with Gasteiger partial charge in [-0.2, -0.15) is 0 Å². The number of hydrogen-bond donors (Lipinski definition) is 1. The minimum absolute atomic E-state index is 0.506. The Hall–Kier alpha value is -0.820. The number of aryl methyl sites for hydroxylation is 2. The number of rotatable bonds is 8. The Morgan fingerprint density at radius 3 is 2.28 bits per heavy atom. The maximum absolute atomic E-state index is 10.2. The van der Waals surface area contributed by atoms with Crippen LogP contribution in [-0.2, 0) is 12.8 Å². The van der Waals surface area contributed by atoms with Crippen molar-refractivity contribution in [2.75, 3.05) is 0 Å². The van der Waals surface area contributed by atoms with Gasteiger partial charge in [0.25, 0.3) is 0 Å². The summed E-state index contributed by atoms with van der Waals surface area (Å²) in [6.45, 7) is 6.31. The van der Waals surface area contributed by atoms with E-state index in [-0.39, 0.29) is 0 Å². The first-order chi connectivity index (χ1) is 8.57. The van der Waals surface area contributed by atoms with E-state index >= 15 is 0 Å². The zero-order valence-electron chi connectivity index (χ0n) is 12.2. The molecule has 0 heterocycles. The second kappa shape index (κ2) is 7.58. The van der Waals surface area contributed by atoms with Gasteiger partial charge in [-0.05, 0) is 50.2 Å². The van der Waals surface area contributed by atoms with Crippen molar-refractivity contribution in [3.8, 4) is 0 Å². The van der Waals surface area contributed by atoms with Crippen LogP contribution in [0.3, 0.4) is 0 Å². The molecule has 1 unspecified atom stereocenters. The third-order valence-electron chi connectivity index (χ3n) is 3.55. The molecular formula is C17H28O. The number of benzene rings is 1. The monoisotopic (exact) mass is 248 g/mol. The summed E-state index contributed by atoms with van der Waals surface area (Å²) in [6, 6.07) is 8.84. The molecule has 0 aliphatic carbocycles. The van der Waals surface area contributed by atoms with Crippen LogP contribution in [0.2, 0.25) is 0 Å². The van der Waals surface area contributed by atoms with Gasteiger partial charge < -0.3 is 5.11 Å². The molecule has 1 aromatic carbocycles. The van der Waals surface area contributed by atoms with Crippen molar-refractivity contribution in [3.05, 3.63) is 35.4 Å². The van der Waals surface area contributed by atoms with E-state index in [1.807, 2.05) is 6.92 Å². The number of unbranched alkanes of at least 4 members (excludes halogenated alkanes) is 1. The molecular weight excluding hydrogens is 220 g/mol. The lowest BCUT2D eigenvalue weighted by Gasteiger charge is -2.22. The quantitative estimate of drug-likeness (QED) is 0.717. The van der Waals surface area contributed by atoms with Crippen LogP contribution in [0.5, 0.6) is 0 Å². The normalized spacial score (nSPS) is 14.4. The lowest BCUT2D eigenvalue weighted by atomic mass is 9.92. The van der Waals surface area contributed by atoms with Crippen LogP contribution >= 0.6 is 0 Å². The molecule has 0 fully saturated rings. The molecule has 0 aliphatic heterocycles. The average molecular weight is 248 g/mol. The maximum atomic E-state index is 10.2. The largest absolute Gasteiger partial charge is 0.390 e. The third-order valence-corrected chi connectivity index (χ3v) is 3.55. The van der Waals surface area contributed by atoms with E-state index in [0.29, 0.717) is 0 Å². The summed E-state index contributed by atoms with van der Waals surface area (Å²) in [5.74, 6) is 0. The Balaban J connectivity index is 2.51. The van der Waals surface area contributed by atoms with Crippen molar-refractivity contribution < 1.29 is 5.11 Å². The van der Waals surface area contributed by atoms with E-state index < -0.39 is 5.60 Å². The van der Waals surface area contributed by atoms with E-state index in [9.17, 15) is 5.11 Å². The highest BCUT2D eigenvalue weighted by atomic mass is 16.3. The second-order valence-corrected chi connectivity index (χ2v) is 5.67. The standard InChI is InChI=1S/C17H28O/c1-4-6-8-15-9-7-10-16(14-15)11-13-17(3,18)12-5-2/h7,9-10,14,18H,4-6,8,11-13H2,1-3H3. The summed E-state index contributed by atoms with van der Waals surface area (Å²) in [4.78, 5) is 0. The van der Waals surface area contributed by atoms with E-state index in [4.69, 9.17) is 0 Å². The molecule has 1 rings (SSSR count). The zero-order valence-corrected chi connectivity index (χ0v) is 12.2. The highest BCUT2D eigenvalue weighted by molar-refractivity contribution is 5.23. The molecule has 1 heteroatoms. The summed E-state index contributed by atoms with van der Waals surface area (Å²) in [5, 5.41) is 10.2. The van der Waals surface area contributed by atoms with Gasteiger partial charge in [0.2, 0.25) is 0 Å². The Kier molecular flexibility index (Phi) is 6.42. The molecule has 102 valence electrons. The fraction of sp³-hybridized carbons (Fsp3) is 0.647. The smallest absolute Gasteiger partial charge is 0.0622 e. The van der Waals surface area contributed by atoms with Gasteiger partial charge in [0.05, 0.1) is 5.60 Å². The zero-order chi connectivity index (χ0) is 13.4. The molecule has 0 amide bonds. The Bertz CT molecular complexity index is 341. The van der Waals surface area contributed by atoms with Gasteiger partial charge in [0, 0.05) is 0 Å². The molecule has 1 aromatic rings. The van der Waals surface area contributed by atoms with Crippen LogP contribution in [-0.4, -0.2) is 10.7 Å². The van der Waals surface area contributed by atoms with Crippen molar-refractivity contribution in [2.45, 2.75) is 71.3 Å². The van der Waals surface area contributed by atoms with E-state index in [1.165, 1.54) is 30.4 Å². The first kappa shape index (κ1) is 15.2. The van der Waals surface area contributed by atoms with Gasteiger partial charge in [0.1, 0.15) is 0 Å². The van der Waals surface area contributed by atoms with Crippen molar-refractivity contribution in [2.24, 2.45) is 0 Å².